The largest absolute Gasteiger partial charge is 0.369 e. The number of hydrogen-bond acceptors (Lipinski definition) is 8. The molecular weight excluding hydrogens is 636 g/mol. The molecule has 4 spiro atoms. The summed E-state index contributed by atoms with van der Waals surface area (Å²) in [6.45, 7) is 18.4. The molecule has 14 atom stereocenters. The number of fused-ring (bicyclic) bond motifs is 6. The molecule has 4 saturated carbocycles. The van der Waals surface area contributed by atoms with Crippen molar-refractivity contribution < 1.29 is 37.9 Å². The molecule has 50 heavy (non-hydrogen) atoms. The molecule has 0 N–H and O–H groups in total. The van der Waals surface area contributed by atoms with Crippen LogP contribution in [0, 0.1) is 13.1 Å². The van der Waals surface area contributed by atoms with E-state index in [4.69, 9.17) is 51.0 Å². The Kier molecular flexibility index (Phi) is 9.09. The van der Waals surface area contributed by atoms with Crippen molar-refractivity contribution in [1.82, 2.24) is 0 Å². The van der Waals surface area contributed by atoms with E-state index >= 15 is 0 Å². The van der Waals surface area contributed by atoms with Crippen molar-refractivity contribution in [2.45, 2.75) is 238 Å². The van der Waals surface area contributed by atoms with Crippen LogP contribution in [0.5, 0.6) is 0 Å². The molecule has 4 bridgehead atoms. The third-order valence-corrected chi connectivity index (χ3v) is 14.1. The van der Waals surface area contributed by atoms with E-state index in [9.17, 15) is 0 Å². The van der Waals surface area contributed by atoms with E-state index < -0.39 is 0 Å². The predicted octanol–water partition coefficient (Wildman–Crippen LogP) is 7.22. The molecule has 0 aromatic heterocycles. The van der Waals surface area contributed by atoms with Gasteiger partial charge < -0.3 is 47.6 Å². The molecule has 0 radical (unpaired) electrons. The van der Waals surface area contributed by atoms with Crippen molar-refractivity contribution in [1.29, 1.82) is 0 Å². The van der Waals surface area contributed by atoms with E-state index in [0.717, 1.165) is 89.9 Å². The molecule has 10 fully saturated rings. The van der Waals surface area contributed by atoms with Crippen LogP contribution >= 0.6 is 0 Å². The maximum atomic E-state index is 7.23. The van der Waals surface area contributed by atoms with Crippen LogP contribution in [0.1, 0.15) is 142 Å². The zero-order chi connectivity index (χ0) is 34.1. The Morgan fingerprint density at radius 2 is 0.920 bits per heavy atom. The van der Waals surface area contributed by atoms with Crippen molar-refractivity contribution in [3.8, 4) is 0 Å². The molecule has 10 rings (SSSR count). The van der Waals surface area contributed by atoms with Gasteiger partial charge in [0.25, 0.3) is 0 Å². The Morgan fingerprint density at radius 3 is 1.32 bits per heavy atom. The predicted molar refractivity (Wildman–Crippen MR) is 182 cm³/mol. The second-order valence-corrected chi connectivity index (χ2v) is 17.8. The number of rotatable bonds is 4. The molecule has 4 aliphatic carbocycles. The van der Waals surface area contributed by atoms with E-state index in [1.54, 1.807) is 0 Å². The topological polar surface area (TPSA) is 82.6 Å². The fourth-order valence-electron chi connectivity index (χ4n) is 11.9. The molecule has 6 heterocycles. The van der Waals surface area contributed by atoms with Gasteiger partial charge in [-0.3, -0.25) is 0 Å². The highest BCUT2D eigenvalue weighted by atomic mass is 16.8. The SMILES string of the molecule is [C-]#[N+]C(C)C[C@H]1CC[C@@H]2O[C@@H]3C[C@]2(C[C@H]2OC4(CCCCC4)O[C@@H]32)O1.[C-]#[N+][C@H](C)C[C@H]1CC[C@@H]2O[C@@H]3C[C@]2(C[C@H]2OC4(CCCCC4)O[C@@H]32)O1. The van der Waals surface area contributed by atoms with Gasteiger partial charge in [-0.2, -0.15) is 0 Å². The number of ether oxygens (including phenoxy) is 8. The van der Waals surface area contributed by atoms with Gasteiger partial charge >= 0.3 is 0 Å². The van der Waals surface area contributed by atoms with Crippen LogP contribution in [-0.4, -0.2) is 95.9 Å². The average Bonchev–Trinajstić information content (AvgIpc) is 3.83. The molecule has 10 nitrogen and oxygen atoms in total. The molecule has 1 unspecified atom stereocenters. The van der Waals surface area contributed by atoms with E-state index in [0.29, 0.717) is 0 Å². The summed E-state index contributed by atoms with van der Waals surface area (Å²) in [6, 6.07) is 0.0629. The van der Waals surface area contributed by atoms with Crippen molar-refractivity contribution in [2.75, 3.05) is 0 Å². The minimum atomic E-state index is -0.347. The summed E-state index contributed by atoms with van der Waals surface area (Å²) < 4.78 is 52.1. The first-order valence-electron chi connectivity index (χ1n) is 20.3. The normalized spacial score (nSPS) is 48.6. The summed E-state index contributed by atoms with van der Waals surface area (Å²) in [4.78, 5) is 7.30. The lowest BCUT2D eigenvalue weighted by Gasteiger charge is -2.44. The highest BCUT2D eigenvalue weighted by Crippen LogP contribution is 2.57. The maximum Gasteiger partial charge on any atom is 0.223 e. The molecule has 0 aromatic carbocycles. The second-order valence-electron chi connectivity index (χ2n) is 17.8. The van der Waals surface area contributed by atoms with Crippen molar-refractivity contribution in [3.05, 3.63) is 22.8 Å². The molecule has 276 valence electrons. The summed E-state index contributed by atoms with van der Waals surface area (Å²) in [5.41, 5.74) is -0.417. The van der Waals surface area contributed by atoms with Crippen LogP contribution in [0.4, 0.5) is 0 Å². The first-order chi connectivity index (χ1) is 24.2. The van der Waals surface area contributed by atoms with Crippen LogP contribution in [0.25, 0.3) is 9.69 Å². The first-order valence-corrected chi connectivity index (χ1v) is 20.3. The highest BCUT2D eigenvalue weighted by molar-refractivity contribution is 5.14. The summed E-state index contributed by atoms with van der Waals surface area (Å²) in [5.74, 6) is -0.694. The van der Waals surface area contributed by atoms with Crippen LogP contribution < -0.4 is 0 Å². The smallest absolute Gasteiger partial charge is 0.223 e. The lowest BCUT2D eigenvalue weighted by molar-refractivity contribution is -0.216. The minimum absolute atomic E-state index is 0.0315. The summed E-state index contributed by atoms with van der Waals surface area (Å²) in [5, 5.41) is 0. The van der Waals surface area contributed by atoms with Gasteiger partial charge in [0.2, 0.25) is 12.1 Å². The van der Waals surface area contributed by atoms with Gasteiger partial charge in [0, 0.05) is 78.1 Å². The van der Waals surface area contributed by atoms with Crippen LogP contribution in [0.15, 0.2) is 0 Å². The molecule has 10 aliphatic rings. The average molecular weight is 695 g/mol. The van der Waals surface area contributed by atoms with Gasteiger partial charge in [-0.1, -0.05) is 12.8 Å². The summed E-state index contributed by atoms with van der Waals surface area (Å²) in [7, 11) is 0. The molecular formula is C40H58N2O8. The second kappa shape index (κ2) is 13.2. The zero-order valence-electron chi connectivity index (χ0n) is 30.2. The van der Waals surface area contributed by atoms with Crippen molar-refractivity contribution in [3.63, 3.8) is 0 Å². The Balaban J connectivity index is 0.000000135. The summed E-state index contributed by atoms with van der Waals surface area (Å²) >= 11 is 0. The number of nitrogens with zero attached hydrogens (tertiary/aromatic N) is 2. The van der Waals surface area contributed by atoms with Crippen LogP contribution in [0.2, 0.25) is 0 Å². The van der Waals surface area contributed by atoms with E-state index in [2.05, 4.69) is 9.69 Å². The fraction of sp³-hybridized carbons (Fsp3) is 0.950. The zero-order valence-corrected chi connectivity index (χ0v) is 30.2. The molecule has 0 amide bonds. The monoisotopic (exact) mass is 694 g/mol. The van der Waals surface area contributed by atoms with Gasteiger partial charge in [0.1, 0.15) is 12.2 Å². The van der Waals surface area contributed by atoms with E-state index in [1.165, 1.54) is 38.5 Å². The third kappa shape index (κ3) is 6.06. The van der Waals surface area contributed by atoms with Gasteiger partial charge in [-0.15, -0.1) is 0 Å². The quantitative estimate of drug-likeness (QED) is 0.286. The molecule has 0 aromatic rings. The van der Waals surface area contributed by atoms with Crippen LogP contribution in [0.3, 0.4) is 0 Å². The maximum absolute atomic E-state index is 7.23. The standard InChI is InChI=1S/2C20H29NO4/c2*1-13(21-2)10-14-6-7-17-19(23-14)11-15(22-17)18-16(12-19)24-20(25-18)8-4-3-5-9-20/h2*13-18H,3-12H2,1H3/t13?,14-,15-,16-,17+,18+,19-;13-,14-,15-,16-,17+,18+,19-/m11/s1. The Hall–Kier alpha value is -1.34. The van der Waals surface area contributed by atoms with E-state index in [1.807, 2.05) is 13.8 Å². The third-order valence-electron chi connectivity index (χ3n) is 14.1. The Bertz CT molecular complexity index is 1240. The highest BCUT2D eigenvalue weighted by Gasteiger charge is 2.67. The minimum Gasteiger partial charge on any atom is -0.369 e. The molecule has 6 aliphatic heterocycles. The first kappa shape index (κ1) is 34.4. The van der Waals surface area contributed by atoms with Crippen LogP contribution in [-0.2, 0) is 37.9 Å². The Labute approximate surface area is 298 Å². The lowest BCUT2D eigenvalue weighted by atomic mass is 9.76. The molecule has 6 saturated heterocycles. The molecule has 10 heteroatoms. The Morgan fingerprint density at radius 1 is 0.520 bits per heavy atom. The summed E-state index contributed by atoms with van der Waals surface area (Å²) in [6.07, 6.45) is 22.2. The number of hydrogen-bond donors (Lipinski definition) is 0. The van der Waals surface area contributed by atoms with Gasteiger partial charge in [-0.05, 0) is 51.4 Å². The van der Waals surface area contributed by atoms with Crippen molar-refractivity contribution >= 4 is 0 Å². The van der Waals surface area contributed by atoms with Gasteiger partial charge in [0.15, 0.2) is 11.6 Å². The van der Waals surface area contributed by atoms with Crippen molar-refractivity contribution in [2.24, 2.45) is 0 Å². The van der Waals surface area contributed by atoms with E-state index in [-0.39, 0.29) is 95.9 Å². The fourth-order valence-corrected chi connectivity index (χ4v) is 11.9. The lowest BCUT2D eigenvalue weighted by Crippen LogP contribution is -2.53. The van der Waals surface area contributed by atoms with Gasteiger partial charge in [-0.25, -0.2) is 13.1 Å². The van der Waals surface area contributed by atoms with Gasteiger partial charge in [0.05, 0.1) is 60.0 Å².